The molecule has 1 N–H and O–H groups in total. The quantitative estimate of drug-likeness (QED) is 0.778. The molecule has 1 amide bonds. The summed E-state index contributed by atoms with van der Waals surface area (Å²) < 4.78 is 0. The van der Waals surface area contributed by atoms with Crippen LogP contribution in [-0.2, 0) is 0 Å². The van der Waals surface area contributed by atoms with E-state index in [1.165, 1.54) is 0 Å². The average Bonchev–Trinajstić information content (AvgIpc) is 2.15. The Labute approximate surface area is 95.7 Å². The van der Waals surface area contributed by atoms with Crippen LogP contribution < -0.4 is 5.32 Å². The summed E-state index contributed by atoms with van der Waals surface area (Å²) in [4.78, 5) is 11.7. The second-order valence-electron chi connectivity index (χ2n) is 4.44. The molecule has 0 unspecified atom stereocenters. The SMILES string of the molecule is CC(C)(C)NC(=O)c1ccc(C=S)cc1. The molecule has 0 aliphatic carbocycles. The molecule has 3 heteroatoms. The lowest BCUT2D eigenvalue weighted by Gasteiger charge is -2.20. The van der Waals surface area contributed by atoms with Gasteiger partial charge in [0.2, 0.25) is 0 Å². The van der Waals surface area contributed by atoms with Crippen molar-refractivity contribution in [3.05, 3.63) is 35.4 Å². The minimum Gasteiger partial charge on any atom is -0.347 e. The third-order valence-corrected chi connectivity index (χ3v) is 2.07. The van der Waals surface area contributed by atoms with E-state index in [2.05, 4.69) is 5.32 Å². The second-order valence-corrected chi connectivity index (χ2v) is 4.68. The van der Waals surface area contributed by atoms with E-state index < -0.39 is 0 Å². The second kappa shape index (κ2) is 4.53. The van der Waals surface area contributed by atoms with Gasteiger partial charge < -0.3 is 5.32 Å². The number of rotatable bonds is 2. The van der Waals surface area contributed by atoms with Gasteiger partial charge >= 0.3 is 0 Å². The van der Waals surface area contributed by atoms with E-state index in [1.54, 1.807) is 17.5 Å². The van der Waals surface area contributed by atoms with Crippen LogP contribution in [0.3, 0.4) is 0 Å². The lowest BCUT2D eigenvalue weighted by molar-refractivity contribution is 0.0919. The van der Waals surface area contributed by atoms with Gasteiger partial charge in [0.1, 0.15) is 0 Å². The average molecular weight is 221 g/mol. The number of hydrogen-bond acceptors (Lipinski definition) is 2. The van der Waals surface area contributed by atoms with Crippen molar-refractivity contribution in [2.45, 2.75) is 26.3 Å². The number of hydrogen-bond donors (Lipinski definition) is 1. The van der Waals surface area contributed by atoms with Crippen LogP contribution in [0, 0.1) is 0 Å². The number of benzene rings is 1. The van der Waals surface area contributed by atoms with Crippen molar-refractivity contribution in [1.82, 2.24) is 5.32 Å². The van der Waals surface area contributed by atoms with E-state index in [-0.39, 0.29) is 11.4 Å². The van der Waals surface area contributed by atoms with Gasteiger partial charge in [-0.15, -0.1) is 0 Å². The number of carbonyl (C=O) groups excluding carboxylic acids is 1. The molecule has 80 valence electrons. The molecule has 0 fully saturated rings. The fourth-order valence-electron chi connectivity index (χ4n) is 1.13. The molecule has 0 atom stereocenters. The van der Waals surface area contributed by atoms with E-state index >= 15 is 0 Å². The van der Waals surface area contributed by atoms with Crippen LogP contribution in [0.2, 0.25) is 0 Å². The van der Waals surface area contributed by atoms with Gasteiger partial charge in [0.15, 0.2) is 0 Å². The standard InChI is InChI=1S/C12H15NOS/c1-12(2,3)13-11(14)10-6-4-9(8-15)5-7-10/h4-8H,1-3H3,(H,13,14). The predicted octanol–water partition coefficient (Wildman–Crippen LogP) is 2.56. The Morgan fingerprint density at radius 3 is 2.20 bits per heavy atom. The van der Waals surface area contributed by atoms with Crippen LogP contribution in [0.4, 0.5) is 0 Å². The maximum Gasteiger partial charge on any atom is 0.251 e. The van der Waals surface area contributed by atoms with Crippen molar-refractivity contribution in [3.8, 4) is 0 Å². The molecule has 0 aliphatic heterocycles. The molecule has 0 aromatic heterocycles. The molecular weight excluding hydrogens is 206 g/mol. The summed E-state index contributed by atoms with van der Waals surface area (Å²) in [5.74, 6) is -0.0570. The highest BCUT2D eigenvalue weighted by Gasteiger charge is 2.14. The number of carbonyl (C=O) groups is 1. The van der Waals surface area contributed by atoms with Crippen molar-refractivity contribution >= 4 is 23.5 Å². The van der Waals surface area contributed by atoms with Gasteiger partial charge in [0.05, 0.1) is 0 Å². The minimum atomic E-state index is -0.208. The lowest BCUT2D eigenvalue weighted by Crippen LogP contribution is -2.40. The van der Waals surface area contributed by atoms with Gasteiger partial charge in [-0.25, -0.2) is 0 Å². The molecule has 1 aromatic carbocycles. The van der Waals surface area contributed by atoms with E-state index in [0.29, 0.717) is 5.56 Å². The summed E-state index contributed by atoms with van der Waals surface area (Å²) in [7, 11) is 0. The third-order valence-electron chi connectivity index (χ3n) is 1.80. The topological polar surface area (TPSA) is 29.1 Å². The third kappa shape index (κ3) is 3.80. The summed E-state index contributed by atoms with van der Waals surface area (Å²) in [6, 6.07) is 7.23. The largest absolute Gasteiger partial charge is 0.347 e. The molecule has 1 rings (SSSR count). The summed E-state index contributed by atoms with van der Waals surface area (Å²) in [5, 5.41) is 4.49. The summed E-state index contributed by atoms with van der Waals surface area (Å²) in [6.45, 7) is 5.86. The van der Waals surface area contributed by atoms with Gasteiger partial charge in [-0.1, -0.05) is 24.4 Å². The fourth-order valence-corrected chi connectivity index (χ4v) is 1.28. The monoisotopic (exact) mass is 221 g/mol. The van der Waals surface area contributed by atoms with Crippen molar-refractivity contribution in [1.29, 1.82) is 0 Å². The smallest absolute Gasteiger partial charge is 0.251 e. The van der Waals surface area contributed by atoms with Crippen LogP contribution >= 0.6 is 12.2 Å². The minimum absolute atomic E-state index is 0.0570. The Kier molecular flexibility index (Phi) is 3.58. The Balaban J connectivity index is 2.79. The predicted molar refractivity (Wildman–Crippen MR) is 66.4 cm³/mol. The fraction of sp³-hybridized carbons (Fsp3) is 0.333. The first-order valence-corrected chi connectivity index (χ1v) is 5.27. The summed E-state index contributed by atoms with van der Waals surface area (Å²) in [5.41, 5.74) is 1.39. The molecule has 0 bridgehead atoms. The highest BCUT2D eigenvalue weighted by atomic mass is 32.1. The first-order chi connectivity index (χ1) is 6.92. The van der Waals surface area contributed by atoms with Crippen LogP contribution in [0.25, 0.3) is 0 Å². The maximum absolute atomic E-state index is 11.7. The van der Waals surface area contributed by atoms with Crippen molar-refractivity contribution in [3.63, 3.8) is 0 Å². The van der Waals surface area contributed by atoms with Crippen LogP contribution in [0.5, 0.6) is 0 Å². The van der Waals surface area contributed by atoms with Crippen LogP contribution in [0.1, 0.15) is 36.7 Å². The Morgan fingerprint density at radius 2 is 1.80 bits per heavy atom. The van der Waals surface area contributed by atoms with Crippen molar-refractivity contribution < 1.29 is 4.79 Å². The summed E-state index contributed by atoms with van der Waals surface area (Å²) >= 11 is 4.79. The first kappa shape index (κ1) is 11.9. The lowest BCUT2D eigenvalue weighted by atomic mass is 10.1. The molecule has 0 heterocycles. The Hall–Kier alpha value is -1.22. The van der Waals surface area contributed by atoms with Crippen molar-refractivity contribution in [2.75, 3.05) is 0 Å². The molecule has 15 heavy (non-hydrogen) atoms. The zero-order chi connectivity index (χ0) is 11.5. The molecule has 2 nitrogen and oxygen atoms in total. The number of nitrogens with one attached hydrogen (secondary N) is 1. The maximum atomic E-state index is 11.7. The summed E-state index contributed by atoms with van der Waals surface area (Å²) in [6.07, 6.45) is 0. The normalized spacial score (nSPS) is 10.9. The van der Waals surface area contributed by atoms with Gasteiger partial charge in [0.25, 0.3) is 5.91 Å². The first-order valence-electron chi connectivity index (χ1n) is 4.80. The number of thiocarbonyl (C=S) groups is 1. The van der Waals surface area contributed by atoms with E-state index in [1.807, 2.05) is 32.9 Å². The molecule has 0 spiro atoms. The molecular formula is C12H15NOS. The van der Waals surface area contributed by atoms with E-state index in [9.17, 15) is 4.79 Å². The van der Waals surface area contributed by atoms with Crippen LogP contribution in [-0.4, -0.2) is 16.8 Å². The molecule has 0 aliphatic rings. The van der Waals surface area contributed by atoms with E-state index in [0.717, 1.165) is 5.56 Å². The van der Waals surface area contributed by atoms with Gasteiger partial charge in [-0.2, -0.15) is 0 Å². The van der Waals surface area contributed by atoms with E-state index in [4.69, 9.17) is 12.2 Å². The zero-order valence-corrected chi connectivity index (χ0v) is 10.0. The molecule has 0 saturated carbocycles. The zero-order valence-electron chi connectivity index (χ0n) is 9.20. The van der Waals surface area contributed by atoms with Crippen LogP contribution in [0.15, 0.2) is 24.3 Å². The van der Waals surface area contributed by atoms with Gasteiger partial charge in [-0.05, 0) is 38.5 Å². The highest BCUT2D eigenvalue weighted by Crippen LogP contribution is 2.06. The molecule has 0 radical (unpaired) electrons. The molecule has 1 aromatic rings. The van der Waals surface area contributed by atoms with Gasteiger partial charge in [-0.3, -0.25) is 4.79 Å². The highest BCUT2D eigenvalue weighted by molar-refractivity contribution is 7.79. The molecule has 0 saturated heterocycles. The Bertz CT molecular complexity index is 362. The van der Waals surface area contributed by atoms with Crippen molar-refractivity contribution in [2.24, 2.45) is 0 Å². The Morgan fingerprint density at radius 1 is 1.27 bits per heavy atom. The number of amides is 1. The van der Waals surface area contributed by atoms with Gasteiger partial charge in [0, 0.05) is 16.5 Å².